The molecule has 3 amide bonds. The fourth-order valence-corrected chi connectivity index (χ4v) is 6.60. The van der Waals surface area contributed by atoms with Gasteiger partial charge in [0.2, 0.25) is 10.0 Å². The number of carbonyl (C=O) groups is 3. The standard InChI is InChI=1S/C29H40N4O6S/c1-3-4-5-6-7-8-9-10-25-30-28(36)29(31-25)14-16-32(17-15-29)40(37,38)18-13-23-11-12-24(19-22(23)2)33-26(34)20-39-21-27(33)35/h11-13,18-19H,3-10,14-17,20-21H2,1-2H3,(H,30,31,36)/b18-13+. The van der Waals surface area contributed by atoms with Crippen LogP contribution in [0.15, 0.2) is 28.6 Å². The molecule has 0 aromatic heterocycles. The number of morpholine rings is 1. The minimum absolute atomic E-state index is 0.119. The highest BCUT2D eigenvalue weighted by Gasteiger charge is 2.46. The van der Waals surface area contributed by atoms with Crippen molar-refractivity contribution in [3.8, 4) is 0 Å². The maximum atomic E-state index is 13.1. The Labute approximate surface area is 236 Å². The Hall–Kier alpha value is -2.89. The fourth-order valence-electron chi connectivity index (χ4n) is 5.42. The summed E-state index contributed by atoms with van der Waals surface area (Å²) in [4.78, 5) is 42.9. The molecule has 1 aromatic carbocycles. The Morgan fingerprint density at radius 2 is 1.65 bits per heavy atom. The van der Waals surface area contributed by atoms with E-state index in [1.54, 1.807) is 25.1 Å². The molecule has 0 atom stereocenters. The van der Waals surface area contributed by atoms with E-state index in [2.05, 4.69) is 12.2 Å². The Morgan fingerprint density at radius 3 is 2.30 bits per heavy atom. The molecule has 40 heavy (non-hydrogen) atoms. The van der Waals surface area contributed by atoms with Crippen LogP contribution in [0.5, 0.6) is 0 Å². The number of unbranched alkanes of at least 4 members (excludes halogenated alkanes) is 6. The van der Waals surface area contributed by atoms with Gasteiger partial charge in [0.1, 0.15) is 24.6 Å². The topological polar surface area (TPSA) is 125 Å². The molecule has 3 aliphatic rings. The lowest BCUT2D eigenvalue weighted by Crippen LogP contribution is -2.50. The number of aliphatic imine (C=N–C) groups is 1. The number of rotatable bonds is 12. The van der Waals surface area contributed by atoms with E-state index in [1.165, 1.54) is 47.9 Å². The molecule has 4 rings (SSSR count). The fraction of sp³-hybridized carbons (Fsp3) is 0.586. The summed E-state index contributed by atoms with van der Waals surface area (Å²) in [6, 6.07) is 4.98. The summed E-state index contributed by atoms with van der Waals surface area (Å²) in [5, 5.41) is 4.11. The molecule has 2 fully saturated rings. The van der Waals surface area contributed by atoms with E-state index < -0.39 is 27.4 Å². The van der Waals surface area contributed by atoms with Crippen molar-refractivity contribution in [1.29, 1.82) is 0 Å². The van der Waals surface area contributed by atoms with Gasteiger partial charge in [0.25, 0.3) is 17.7 Å². The highest BCUT2D eigenvalue weighted by molar-refractivity contribution is 7.92. The molecular weight excluding hydrogens is 532 g/mol. The van der Waals surface area contributed by atoms with Crippen LogP contribution in [-0.2, 0) is 29.1 Å². The van der Waals surface area contributed by atoms with E-state index in [-0.39, 0.29) is 32.2 Å². The molecule has 2 saturated heterocycles. The Balaban J connectivity index is 1.32. The summed E-state index contributed by atoms with van der Waals surface area (Å²) in [5.41, 5.74) is 0.939. The molecule has 11 heteroatoms. The first-order chi connectivity index (χ1) is 19.1. The molecule has 218 valence electrons. The van der Waals surface area contributed by atoms with Crippen molar-refractivity contribution in [2.24, 2.45) is 4.99 Å². The third-order valence-corrected chi connectivity index (χ3v) is 9.40. The largest absolute Gasteiger partial charge is 0.362 e. The number of hydrogen-bond acceptors (Lipinski definition) is 7. The second-order valence-corrected chi connectivity index (χ2v) is 12.6. The second kappa shape index (κ2) is 13.2. The minimum Gasteiger partial charge on any atom is -0.362 e. The SMILES string of the molecule is CCCCCCCCCC1=NC2(CCN(S(=O)(=O)/C=C/c3ccc(N4C(=O)COCC4=O)cc3C)CC2)C(=O)N1. The zero-order chi connectivity index (χ0) is 28.8. The maximum Gasteiger partial charge on any atom is 0.259 e. The van der Waals surface area contributed by atoms with Crippen LogP contribution < -0.4 is 10.2 Å². The van der Waals surface area contributed by atoms with E-state index in [9.17, 15) is 22.8 Å². The summed E-state index contributed by atoms with van der Waals surface area (Å²) >= 11 is 0. The lowest BCUT2D eigenvalue weighted by molar-refractivity contribution is -0.138. The van der Waals surface area contributed by atoms with E-state index in [0.717, 1.165) is 35.6 Å². The van der Waals surface area contributed by atoms with Crippen LogP contribution in [0.2, 0.25) is 0 Å². The predicted molar refractivity (Wildman–Crippen MR) is 154 cm³/mol. The van der Waals surface area contributed by atoms with Gasteiger partial charge < -0.3 is 10.1 Å². The molecule has 3 aliphatic heterocycles. The molecular formula is C29H40N4O6S. The van der Waals surface area contributed by atoms with Crippen molar-refractivity contribution in [2.45, 2.75) is 83.6 Å². The normalized spacial score (nSPS) is 20.0. The smallest absolute Gasteiger partial charge is 0.259 e. The van der Waals surface area contributed by atoms with Gasteiger partial charge in [-0.1, -0.05) is 51.5 Å². The Bertz CT molecular complexity index is 1270. The number of benzene rings is 1. The van der Waals surface area contributed by atoms with Crippen molar-refractivity contribution >= 4 is 45.3 Å². The molecule has 1 N–H and O–H groups in total. The minimum atomic E-state index is -3.71. The van der Waals surface area contributed by atoms with E-state index in [0.29, 0.717) is 24.1 Å². The van der Waals surface area contributed by atoms with E-state index in [1.807, 2.05) is 0 Å². The summed E-state index contributed by atoms with van der Waals surface area (Å²) in [6.07, 6.45) is 11.3. The first-order valence-electron chi connectivity index (χ1n) is 14.3. The number of sulfonamides is 1. The van der Waals surface area contributed by atoms with Gasteiger partial charge in [-0.05, 0) is 55.5 Å². The lowest BCUT2D eigenvalue weighted by atomic mass is 9.89. The van der Waals surface area contributed by atoms with E-state index in [4.69, 9.17) is 9.73 Å². The van der Waals surface area contributed by atoms with E-state index >= 15 is 0 Å². The molecule has 1 aromatic rings. The van der Waals surface area contributed by atoms with Gasteiger partial charge in [-0.3, -0.25) is 19.4 Å². The van der Waals surface area contributed by atoms with Crippen LogP contribution >= 0.6 is 0 Å². The number of hydrogen-bond donors (Lipinski definition) is 1. The summed E-state index contributed by atoms with van der Waals surface area (Å²) in [7, 11) is -3.71. The Morgan fingerprint density at radius 1 is 1.00 bits per heavy atom. The van der Waals surface area contributed by atoms with Crippen molar-refractivity contribution in [3.63, 3.8) is 0 Å². The van der Waals surface area contributed by atoms with Crippen LogP contribution in [0.3, 0.4) is 0 Å². The van der Waals surface area contributed by atoms with Crippen molar-refractivity contribution < 1.29 is 27.5 Å². The summed E-state index contributed by atoms with van der Waals surface area (Å²) < 4.78 is 32.5. The monoisotopic (exact) mass is 572 g/mol. The molecule has 0 bridgehead atoms. The molecule has 0 unspecified atom stereocenters. The number of aryl methyl sites for hydroxylation is 1. The highest BCUT2D eigenvalue weighted by atomic mass is 32.2. The van der Waals surface area contributed by atoms with Crippen LogP contribution in [0.1, 0.15) is 82.3 Å². The molecule has 10 nitrogen and oxygen atoms in total. The average Bonchev–Trinajstić information content (AvgIpc) is 3.21. The zero-order valence-electron chi connectivity index (χ0n) is 23.5. The first-order valence-corrected chi connectivity index (χ1v) is 15.8. The van der Waals surface area contributed by atoms with Gasteiger partial charge in [-0.15, -0.1) is 0 Å². The predicted octanol–water partition coefficient (Wildman–Crippen LogP) is 3.69. The molecule has 0 radical (unpaired) electrons. The molecule has 0 saturated carbocycles. The van der Waals surface area contributed by atoms with Gasteiger partial charge in [-0.2, -0.15) is 4.31 Å². The lowest BCUT2D eigenvalue weighted by Gasteiger charge is -2.34. The van der Waals surface area contributed by atoms with Gasteiger partial charge >= 0.3 is 0 Å². The number of nitrogens with zero attached hydrogens (tertiary/aromatic N) is 3. The first kappa shape index (κ1) is 30.1. The van der Waals surface area contributed by atoms with Crippen molar-refractivity contribution in [3.05, 3.63) is 34.7 Å². The van der Waals surface area contributed by atoms with Gasteiger partial charge in [-0.25, -0.2) is 13.3 Å². The number of amidine groups is 1. The van der Waals surface area contributed by atoms with Crippen LogP contribution in [0.25, 0.3) is 6.08 Å². The number of piperidine rings is 1. The van der Waals surface area contributed by atoms with Gasteiger partial charge in [0.05, 0.1) is 5.69 Å². The number of anilines is 1. The highest BCUT2D eigenvalue weighted by Crippen LogP contribution is 2.32. The van der Waals surface area contributed by atoms with Crippen LogP contribution in [0, 0.1) is 6.92 Å². The third kappa shape index (κ3) is 7.05. The molecule has 1 spiro atoms. The quantitative estimate of drug-likeness (QED) is 0.301. The molecule has 3 heterocycles. The summed E-state index contributed by atoms with van der Waals surface area (Å²) in [5.74, 6) is -0.260. The van der Waals surface area contributed by atoms with Gasteiger partial charge in [0.15, 0.2) is 0 Å². The Kier molecular flexibility index (Phi) is 9.91. The number of imide groups is 1. The number of nitrogens with one attached hydrogen (secondary N) is 1. The molecule has 0 aliphatic carbocycles. The number of ether oxygens (including phenoxy) is 1. The number of amides is 3. The van der Waals surface area contributed by atoms with Gasteiger partial charge in [0, 0.05) is 24.9 Å². The number of carbonyl (C=O) groups excluding carboxylic acids is 3. The second-order valence-electron chi connectivity index (χ2n) is 10.8. The summed E-state index contributed by atoms with van der Waals surface area (Å²) in [6.45, 7) is 4.11. The van der Waals surface area contributed by atoms with Crippen LogP contribution in [-0.4, -0.2) is 68.1 Å². The maximum absolute atomic E-state index is 13.1. The zero-order valence-corrected chi connectivity index (χ0v) is 24.3. The van der Waals surface area contributed by atoms with Crippen molar-refractivity contribution in [2.75, 3.05) is 31.2 Å². The third-order valence-electron chi connectivity index (χ3n) is 7.84. The van der Waals surface area contributed by atoms with Crippen molar-refractivity contribution in [1.82, 2.24) is 9.62 Å². The van der Waals surface area contributed by atoms with Crippen LogP contribution in [0.4, 0.5) is 5.69 Å². The average molecular weight is 573 g/mol.